The van der Waals surface area contributed by atoms with Gasteiger partial charge in [-0.2, -0.15) is 0 Å². The number of ether oxygens (including phenoxy) is 3. The van der Waals surface area contributed by atoms with Crippen LogP contribution in [-0.2, 0) is 9.59 Å². The van der Waals surface area contributed by atoms with E-state index in [-0.39, 0.29) is 11.5 Å². The number of esters is 1. The first-order valence-electron chi connectivity index (χ1n) is 12.4. The highest BCUT2D eigenvalue weighted by atomic mass is 16.6. The zero-order valence-electron chi connectivity index (χ0n) is 21.0. The van der Waals surface area contributed by atoms with Gasteiger partial charge in [0.1, 0.15) is 11.4 Å². The van der Waals surface area contributed by atoms with E-state index in [1.54, 1.807) is 30.4 Å². The predicted molar refractivity (Wildman–Crippen MR) is 143 cm³/mol. The summed E-state index contributed by atoms with van der Waals surface area (Å²) in [4.78, 5) is 25.9. The van der Waals surface area contributed by atoms with Gasteiger partial charge in [0.2, 0.25) is 5.91 Å². The molecule has 0 atom stereocenters. The summed E-state index contributed by atoms with van der Waals surface area (Å²) in [5, 5.41) is 0. The number of amides is 1. The van der Waals surface area contributed by atoms with Crippen LogP contribution < -0.4 is 14.2 Å². The minimum atomic E-state index is -0.420. The Labute approximate surface area is 216 Å². The van der Waals surface area contributed by atoms with Crippen LogP contribution in [-0.4, -0.2) is 42.6 Å². The molecule has 0 N–H and O–H groups in total. The molecule has 0 bridgehead atoms. The molecule has 3 aromatic carbocycles. The van der Waals surface area contributed by atoms with Gasteiger partial charge < -0.3 is 19.1 Å². The topological polar surface area (TPSA) is 65.1 Å². The van der Waals surface area contributed by atoms with Gasteiger partial charge in [0.25, 0.3) is 0 Å². The van der Waals surface area contributed by atoms with E-state index in [0.29, 0.717) is 24.6 Å². The number of rotatable bonds is 5. The van der Waals surface area contributed by atoms with Crippen molar-refractivity contribution in [3.63, 3.8) is 0 Å². The molecule has 6 heteroatoms. The Balaban J connectivity index is 1.21. The highest BCUT2D eigenvalue weighted by Crippen LogP contribution is 2.39. The maximum Gasteiger partial charge on any atom is 0.308 e. The molecule has 188 valence electrons. The van der Waals surface area contributed by atoms with Gasteiger partial charge in [0.15, 0.2) is 11.5 Å². The number of piperidine rings is 1. The SMILES string of the molecule is COc1cc(/C=C/C(=O)N2CCC3(C=Cc4cc(-c5ccccc5)ccc4O3)CC2)ccc1OC(C)=O. The van der Waals surface area contributed by atoms with Crippen LogP contribution in [0.2, 0.25) is 0 Å². The Morgan fingerprint density at radius 3 is 2.46 bits per heavy atom. The Kier molecular flexibility index (Phi) is 6.82. The van der Waals surface area contributed by atoms with E-state index in [1.807, 2.05) is 29.2 Å². The second kappa shape index (κ2) is 10.3. The van der Waals surface area contributed by atoms with Gasteiger partial charge in [-0.25, -0.2) is 0 Å². The Hall–Kier alpha value is -4.32. The second-order valence-electron chi connectivity index (χ2n) is 9.28. The number of likely N-dealkylation sites (tertiary alicyclic amines) is 1. The van der Waals surface area contributed by atoms with Crippen molar-refractivity contribution < 1.29 is 23.8 Å². The smallest absolute Gasteiger partial charge is 0.308 e. The number of hydrogen-bond acceptors (Lipinski definition) is 5. The Bertz CT molecular complexity index is 1370. The van der Waals surface area contributed by atoms with Crippen molar-refractivity contribution in [1.29, 1.82) is 0 Å². The fraction of sp³-hybridized carbons (Fsp3) is 0.226. The fourth-order valence-corrected chi connectivity index (χ4v) is 4.75. The van der Waals surface area contributed by atoms with Gasteiger partial charge in [-0.1, -0.05) is 48.5 Å². The summed E-state index contributed by atoms with van der Waals surface area (Å²) in [6.45, 7) is 2.56. The molecule has 37 heavy (non-hydrogen) atoms. The van der Waals surface area contributed by atoms with E-state index < -0.39 is 5.97 Å². The number of hydrogen-bond donors (Lipinski definition) is 0. The molecule has 6 nitrogen and oxygen atoms in total. The third kappa shape index (κ3) is 5.43. The molecular formula is C31H29NO5. The van der Waals surface area contributed by atoms with Gasteiger partial charge in [-0.3, -0.25) is 9.59 Å². The van der Waals surface area contributed by atoms with E-state index in [1.165, 1.54) is 19.6 Å². The molecule has 5 rings (SSSR count). The number of benzene rings is 3. The lowest BCUT2D eigenvalue weighted by atomic mass is 9.87. The van der Waals surface area contributed by atoms with E-state index in [9.17, 15) is 9.59 Å². The van der Waals surface area contributed by atoms with Crippen molar-refractivity contribution in [2.75, 3.05) is 20.2 Å². The third-order valence-electron chi connectivity index (χ3n) is 6.78. The summed E-state index contributed by atoms with van der Waals surface area (Å²) in [5.41, 5.74) is 3.80. The predicted octanol–water partition coefficient (Wildman–Crippen LogP) is 5.77. The van der Waals surface area contributed by atoms with Crippen molar-refractivity contribution in [3.05, 3.63) is 90.0 Å². The summed E-state index contributed by atoms with van der Waals surface area (Å²) in [7, 11) is 1.51. The molecule has 0 unspecified atom stereocenters. The maximum absolute atomic E-state index is 12.9. The van der Waals surface area contributed by atoms with Crippen LogP contribution in [0.3, 0.4) is 0 Å². The number of nitrogens with zero attached hydrogens (tertiary/aromatic N) is 1. The molecule has 1 spiro atoms. The summed E-state index contributed by atoms with van der Waals surface area (Å²) in [5.74, 6) is 1.19. The molecule has 1 amide bonds. The summed E-state index contributed by atoms with van der Waals surface area (Å²) < 4.78 is 16.9. The van der Waals surface area contributed by atoms with Crippen molar-refractivity contribution >= 4 is 24.0 Å². The molecule has 0 radical (unpaired) electrons. The molecule has 2 aliphatic heterocycles. The van der Waals surface area contributed by atoms with Crippen molar-refractivity contribution in [2.45, 2.75) is 25.4 Å². The highest BCUT2D eigenvalue weighted by Gasteiger charge is 2.37. The first-order valence-corrected chi connectivity index (χ1v) is 12.4. The van der Waals surface area contributed by atoms with Gasteiger partial charge in [0.05, 0.1) is 7.11 Å². The largest absolute Gasteiger partial charge is 0.493 e. The van der Waals surface area contributed by atoms with E-state index in [0.717, 1.165) is 35.3 Å². The molecule has 2 heterocycles. The van der Waals surface area contributed by atoms with Crippen LogP contribution in [0.15, 0.2) is 78.9 Å². The van der Waals surface area contributed by atoms with Crippen LogP contribution in [0.1, 0.15) is 30.9 Å². The van der Waals surface area contributed by atoms with E-state index >= 15 is 0 Å². The van der Waals surface area contributed by atoms with Crippen LogP contribution in [0.5, 0.6) is 17.2 Å². The zero-order chi connectivity index (χ0) is 25.8. The molecule has 0 saturated carbocycles. The monoisotopic (exact) mass is 495 g/mol. The second-order valence-corrected chi connectivity index (χ2v) is 9.28. The Morgan fingerprint density at radius 1 is 0.946 bits per heavy atom. The minimum Gasteiger partial charge on any atom is -0.493 e. The average molecular weight is 496 g/mol. The van der Waals surface area contributed by atoms with Crippen LogP contribution in [0.4, 0.5) is 0 Å². The van der Waals surface area contributed by atoms with E-state index in [2.05, 4.69) is 36.4 Å². The average Bonchev–Trinajstić information content (AvgIpc) is 2.92. The van der Waals surface area contributed by atoms with Crippen molar-refractivity contribution in [2.24, 2.45) is 0 Å². The molecule has 0 aliphatic carbocycles. The standard InChI is InChI=1S/C31H29NO5/c1-22(33)36-28-11-8-23(20-29(28)35-2)9-13-30(34)32-18-16-31(17-19-32)15-14-26-21-25(10-12-27(26)37-31)24-6-4-3-5-7-24/h3-15,20-21H,16-19H2,1-2H3/b13-9+. The van der Waals surface area contributed by atoms with Crippen LogP contribution in [0.25, 0.3) is 23.3 Å². The normalized spacial score (nSPS) is 15.8. The number of fused-ring (bicyclic) bond motifs is 1. The van der Waals surface area contributed by atoms with Gasteiger partial charge in [0, 0.05) is 44.5 Å². The lowest BCUT2D eigenvalue weighted by Gasteiger charge is -2.41. The minimum absolute atomic E-state index is 0.0504. The summed E-state index contributed by atoms with van der Waals surface area (Å²) in [6, 6.07) is 21.8. The molecular weight excluding hydrogens is 466 g/mol. The number of methoxy groups -OCH3 is 1. The summed E-state index contributed by atoms with van der Waals surface area (Å²) >= 11 is 0. The lowest BCUT2D eigenvalue weighted by Crippen LogP contribution is -2.49. The van der Waals surface area contributed by atoms with Gasteiger partial charge in [-0.15, -0.1) is 0 Å². The molecule has 1 fully saturated rings. The van der Waals surface area contributed by atoms with Crippen molar-refractivity contribution in [1.82, 2.24) is 4.90 Å². The first kappa shape index (κ1) is 24.4. The third-order valence-corrected chi connectivity index (χ3v) is 6.78. The van der Waals surface area contributed by atoms with E-state index in [4.69, 9.17) is 14.2 Å². The van der Waals surface area contributed by atoms with Crippen molar-refractivity contribution in [3.8, 4) is 28.4 Å². The summed E-state index contributed by atoms with van der Waals surface area (Å²) in [6.07, 6.45) is 9.07. The molecule has 3 aromatic rings. The zero-order valence-corrected chi connectivity index (χ0v) is 21.0. The number of carbonyl (C=O) groups excluding carboxylic acids is 2. The Morgan fingerprint density at radius 2 is 1.73 bits per heavy atom. The molecule has 0 aromatic heterocycles. The lowest BCUT2D eigenvalue weighted by molar-refractivity contribution is -0.132. The maximum atomic E-state index is 12.9. The van der Waals surface area contributed by atoms with Crippen LogP contribution >= 0.6 is 0 Å². The molecule has 2 aliphatic rings. The molecule has 1 saturated heterocycles. The number of carbonyl (C=O) groups is 2. The fourth-order valence-electron chi connectivity index (χ4n) is 4.75. The van der Waals surface area contributed by atoms with Gasteiger partial charge >= 0.3 is 5.97 Å². The van der Waals surface area contributed by atoms with Crippen LogP contribution in [0, 0.1) is 0 Å². The first-order chi connectivity index (χ1) is 17.9. The quantitative estimate of drug-likeness (QED) is 0.256. The van der Waals surface area contributed by atoms with Gasteiger partial charge in [-0.05, 0) is 53.1 Å². The highest BCUT2D eigenvalue weighted by molar-refractivity contribution is 5.92.